The van der Waals surface area contributed by atoms with Gasteiger partial charge in [0, 0.05) is 17.0 Å². The molecular formula is C18H20FNS. The first kappa shape index (κ1) is 13.5. The van der Waals surface area contributed by atoms with Gasteiger partial charge in [0.15, 0.2) is 0 Å². The van der Waals surface area contributed by atoms with Crippen molar-refractivity contribution >= 4 is 11.3 Å². The maximum Gasteiger partial charge on any atom is 0.123 e. The molecule has 2 aliphatic carbocycles. The quantitative estimate of drug-likeness (QED) is 0.858. The summed E-state index contributed by atoms with van der Waals surface area (Å²) in [5.41, 5.74) is 2.82. The molecule has 21 heavy (non-hydrogen) atoms. The van der Waals surface area contributed by atoms with E-state index in [1.165, 1.54) is 43.2 Å². The summed E-state index contributed by atoms with van der Waals surface area (Å²) >= 11 is 1.91. The Kier molecular flexibility index (Phi) is 3.56. The maximum absolute atomic E-state index is 13.0. The Morgan fingerprint density at radius 1 is 1.10 bits per heavy atom. The molecule has 0 amide bonds. The van der Waals surface area contributed by atoms with E-state index in [0.717, 1.165) is 0 Å². The number of fused-ring (bicyclic) bond motifs is 1. The van der Waals surface area contributed by atoms with Crippen LogP contribution in [0, 0.1) is 5.82 Å². The van der Waals surface area contributed by atoms with Crippen LogP contribution in [0.4, 0.5) is 4.39 Å². The van der Waals surface area contributed by atoms with Crippen molar-refractivity contribution in [3.8, 4) is 0 Å². The number of benzene rings is 1. The second-order valence-corrected chi connectivity index (χ2v) is 7.33. The zero-order valence-corrected chi connectivity index (χ0v) is 12.8. The molecule has 1 aromatic heterocycles. The second-order valence-electron chi connectivity index (χ2n) is 6.33. The molecule has 1 aromatic carbocycles. The molecule has 1 heterocycles. The monoisotopic (exact) mass is 301 g/mol. The predicted molar refractivity (Wildman–Crippen MR) is 85.3 cm³/mol. The lowest BCUT2D eigenvalue weighted by Gasteiger charge is -2.39. The second kappa shape index (κ2) is 5.54. The van der Waals surface area contributed by atoms with Crippen LogP contribution in [0.15, 0.2) is 35.7 Å². The zero-order valence-electron chi connectivity index (χ0n) is 12.0. The number of rotatable bonds is 3. The number of hydrogen-bond donors (Lipinski definition) is 1. The molecule has 0 bridgehead atoms. The van der Waals surface area contributed by atoms with Crippen molar-refractivity contribution in [1.82, 2.24) is 5.32 Å². The van der Waals surface area contributed by atoms with Crippen LogP contribution in [0.2, 0.25) is 0 Å². The van der Waals surface area contributed by atoms with Gasteiger partial charge in [0.1, 0.15) is 5.82 Å². The smallest absolute Gasteiger partial charge is 0.123 e. The molecule has 1 saturated carbocycles. The molecular weight excluding hydrogens is 281 g/mol. The highest BCUT2D eigenvalue weighted by atomic mass is 32.1. The van der Waals surface area contributed by atoms with Crippen LogP contribution in [-0.2, 0) is 6.42 Å². The van der Waals surface area contributed by atoms with Gasteiger partial charge >= 0.3 is 0 Å². The summed E-state index contributed by atoms with van der Waals surface area (Å²) in [4.78, 5) is 1.58. The van der Waals surface area contributed by atoms with Crippen molar-refractivity contribution in [2.24, 2.45) is 0 Å². The van der Waals surface area contributed by atoms with E-state index in [-0.39, 0.29) is 5.82 Å². The highest BCUT2D eigenvalue weighted by Gasteiger charge is 2.33. The lowest BCUT2D eigenvalue weighted by Crippen LogP contribution is -2.42. The molecule has 3 heteroatoms. The van der Waals surface area contributed by atoms with Gasteiger partial charge in [0.25, 0.3) is 0 Å². The summed E-state index contributed by atoms with van der Waals surface area (Å²) in [5, 5.41) is 6.07. The Morgan fingerprint density at radius 2 is 1.90 bits per heavy atom. The molecule has 0 aliphatic heterocycles. The number of nitrogens with one attached hydrogen (secondary N) is 1. The molecule has 1 nitrogen and oxygen atoms in total. The first-order valence-corrected chi connectivity index (χ1v) is 8.75. The third-order valence-electron chi connectivity index (χ3n) is 4.97. The lowest BCUT2D eigenvalue weighted by molar-refractivity contribution is 0.255. The first-order chi connectivity index (χ1) is 10.3. The van der Waals surface area contributed by atoms with Crippen molar-refractivity contribution in [1.29, 1.82) is 0 Å². The Labute approximate surface area is 129 Å². The van der Waals surface area contributed by atoms with Crippen LogP contribution in [-0.4, -0.2) is 6.04 Å². The minimum atomic E-state index is -0.139. The van der Waals surface area contributed by atoms with E-state index in [0.29, 0.717) is 18.0 Å². The van der Waals surface area contributed by atoms with Crippen molar-refractivity contribution < 1.29 is 4.39 Å². The molecule has 0 saturated heterocycles. The molecule has 0 radical (unpaired) electrons. The van der Waals surface area contributed by atoms with Crippen molar-refractivity contribution in [3.05, 3.63) is 57.5 Å². The van der Waals surface area contributed by atoms with E-state index in [4.69, 9.17) is 0 Å². The molecule has 1 unspecified atom stereocenters. The summed E-state index contributed by atoms with van der Waals surface area (Å²) in [6, 6.07) is 10.5. The first-order valence-electron chi connectivity index (χ1n) is 7.87. The van der Waals surface area contributed by atoms with E-state index in [2.05, 4.69) is 16.8 Å². The van der Waals surface area contributed by atoms with Crippen molar-refractivity contribution in [3.63, 3.8) is 0 Å². The number of aryl methyl sites for hydroxylation is 1. The summed E-state index contributed by atoms with van der Waals surface area (Å²) in [5.74, 6) is 0.466. The summed E-state index contributed by atoms with van der Waals surface area (Å²) in [6.07, 6.45) is 6.19. The standard InChI is InChI=1S/C18H20FNS/c19-14-6-4-12(5-7-14)13-10-15(11-13)20-17-2-1-3-18-16(17)8-9-21-18/h4-9,13,15,17,20H,1-3,10-11H2. The predicted octanol–water partition coefficient (Wildman–Crippen LogP) is 4.80. The molecule has 0 spiro atoms. The van der Waals surface area contributed by atoms with Gasteiger partial charge in [-0.25, -0.2) is 4.39 Å². The summed E-state index contributed by atoms with van der Waals surface area (Å²) < 4.78 is 13.0. The highest BCUT2D eigenvalue weighted by Crippen LogP contribution is 2.40. The van der Waals surface area contributed by atoms with Gasteiger partial charge in [-0.2, -0.15) is 0 Å². The highest BCUT2D eigenvalue weighted by molar-refractivity contribution is 7.10. The Balaban J connectivity index is 1.36. The van der Waals surface area contributed by atoms with Crippen molar-refractivity contribution in [2.75, 3.05) is 0 Å². The van der Waals surface area contributed by atoms with Crippen LogP contribution in [0.3, 0.4) is 0 Å². The fourth-order valence-electron chi connectivity index (χ4n) is 3.71. The van der Waals surface area contributed by atoms with Crippen molar-refractivity contribution in [2.45, 2.75) is 50.1 Å². The van der Waals surface area contributed by atoms with Gasteiger partial charge in [-0.05, 0) is 72.7 Å². The van der Waals surface area contributed by atoms with Gasteiger partial charge in [-0.1, -0.05) is 12.1 Å². The maximum atomic E-state index is 13.0. The third kappa shape index (κ3) is 2.65. The molecule has 1 N–H and O–H groups in total. The van der Waals surface area contributed by atoms with Crippen LogP contribution in [0.25, 0.3) is 0 Å². The third-order valence-corrected chi connectivity index (χ3v) is 5.96. The molecule has 110 valence electrons. The molecule has 1 fully saturated rings. The van der Waals surface area contributed by atoms with Crippen LogP contribution >= 0.6 is 11.3 Å². The SMILES string of the molecule is Fc1ccc(C2CC(NC3CCCc4sccc43)C2)cc1. The van der Waals surface area contributed by atoms with Gasteiger partial charge in [0.05, 0.1) is 0 Å². The van der Waals surface area contributed by atoms with E-state index >= 15 is 0 Å². The largest absolute Gasteiger partial charge is 0.307 e. The van der Waals surface area contributed by atoms with Gasteiger partial charge in [-0.3, -0.25) is 0 Å². The molecule has 2 aromatic rings. The number of halogens is 1. The normalized spacial score (nSPS) is 28.0. The van der Waals surface area contributed by atoms with E-state index in [1.807, 2.05) is 23.5 Å². The van der Waals surface area contributed by atoms with Gasteiger partial charge in [0.2, 0.25) is 0 Å². The molecule has 2 aliphatic rings. The average molecular weight is 301 g/mol. The molecule has 1 atom stereocenters. The summed E-state index contributed by atoms with van der Waals surface area (Å²) in [6.45, 7) is 0. The fraction of sp³-hybridized carbons (Fsp3) is 0.444. The minimum Gasteiger partial charge on any atom is -0.307 e. The Bertz CT molecular complexity index is 612. The fourth-order valence-corrected chi connectivity index (χ4v) is 4.69. The Hall–Kier alpha value is -1.19. The average Bonchev–Trinajstić information content (AvgIpc) is 2.93. The molecule has 4 rings (SSSR count). The summed E-state index contributed by atoms with van der Waals surface area (Å²) in [7, 11) is 0. The van der Waals surface area contributed by atoms with E-state index in [1.54, 1.807) is 17.0 Å². The lowest BCUT2D eigenvalue weighted by atomic mass is 9.75. The minimum absolute atomic E-state index is 0.139. The topological polar surface area (TPSA) is 12.0 Å². The van der Waals surface area contributed by atoms with Gasteiger partial charge < -0.3 is 5.32 Å². The Morgan fingerprint density at radius 3 is 2.71 bits per heavy atom. The van der Waals surface area contributed by atoms with E-state index < -0.39 is 0 Å². The van der Waals surface area contributed by atoms with Crippen LogP contribution in [0.1, 0.15) is 53.6 Å². The zero-order chi connectivity index (χ0) is 14.2. The van der Waals surface area contributed by atoms with Crippen LogP contribution in [0.5, 0.6) is 0 Å². The van der Waals surface area contributed by atoms with Crippen LogP contribution < -0.4 is 5.32 Å². The van der Waals surface area contributed by atoms with Gasteiger partial charge in [-0.15, -0.1) is 11.3 Å². The number of thiophene rings is 1. The number of hydrogen-bond acceptors (Lipinski definition) is 2. The van der Waals surface area contributed by atoms with E-state index in [9.17, 15) is 4.39 Å².